The zero-order valence-electron chi connectivity index (χ0n) is 7.72. The van der Waals surface area contributed by atoms with Gasteiger partial charge < -0.3 is 14.8 Å². The zero-order valence-corrected chi connectivity index (χ0v) is 7.72. The summed E-state index contributed by atoms with van der Waals surface area (Å²) in [6.45, 7) is 2.45. The van der Waals surface area contributed by atoms with Gasteiger partial charge in [-0.15, -0.1) is 0 Å². The van der Waals surface area contributed by atoms with Crippen molar-refractivity contribution in [3.63, 3.8) is 0 Å². The standard InChI is InChI=1S/C9H16FNO2/c10-5-8-6-11-9(7-13-8)1-3-12-4-2-9/h8,11H,1-7H2. The maximum atomic E-state index is 12.2. The highest BCUT2D eigenvalue weighted by Crippen LogP contribution is 2.24. The van der Waals surface area contributed by atoms with Gasteiger partial charge in [0.15, 0.2) is 0 Å². The van der Waals surface area contributed by atoms with Crippen LogP contribution in [0.15, 0.2) is 0 Å². The van der Waals surface area contributed by atoms with Crippen molar-refractivity contribution in [1.82, 2.24) is 5.32 Å². The van der Waals surface area contributed by atoms with Crippen molar-refractivity contribution < 1.29 is 13.9 Å². The average Bonchev–Trinajstić information content (AvgIpc) is 2.20. The minimum absolute atomic E-state index is 0.0733. The Morgan fingerprint density at radius 2 is 2.15 bits per heavy atom. The van der Waals surface area contributed by atoms with Crippen LogP contribution < -0.4 is 5.32 Å². The molecular formula is C9H16FNO2. The number of ether oxygens (including phenoxy) is 2. The molecule has 2 aliphatic rings. The first-order valence-electron chi connectivity index (χ1n) is 4.85. The van der Waals surface area contributed by atoms with Crippen LogP contribution >= 0.6 is 0 Å². The second kappa shape index (κ2) is 3.90. The fourth-order valence-corrected chi connectivity index (χ4v) is 1.90. The molecular weight excluding hydrogens is 173 g/mol. The summed E-state index contributed by atoms with van der Waals surface area (Å²) in [5, 5.41) is 3.39. The molecule has 2 saturated heterocycles. The monoisotopic (exact) mass is 189 g/mol. The molecule has 1 N–H and O–H groups in total. The van der Waals surface area contributed by atoms with Gasteiger partial charge in [0.1, 0.15) is 6.67 Å². The summed E-state index contributed by atoms with van der Waals surface area (Å²) in [6.07, 6.45) is 1.71. The van der Waals surface area contributed by atoms with E-state index in [0.717, 1.165) is 26.1 Å². The predicted molar refractivity (Wildman–Crippen MR) is 46.5 cm³/mol. The van der Waals surface area contributed by atoms with Crippen LogP contribution in [0.3, 0.4) is 0 Å². The van der Waals surface area contributed by atoms with Gasteiger partial charge >= 0.3 is 0 Å². The first kappa shape index (κ1) is 9.37. The summed E-state index contributed by atoms with van der Waals surface area (Å²) >= 11 is 0. The molecule has 2 rings (SSSR count). The largest absolute Gasteiger partial charge is 0.381 e. The molecule has 0 aromatic heterocycles. The molecule has 1 spiro atoms. The molecule has 0 aromatic carbocycles. The molecule has 2 heterocycles. The van der Waals surface area contributed by atoms with E-state index in [-0.39, 0.29) is 18.3 Å². The lowest BCUT2D eigenvalue weighted by molar-refractivity contribution is -0.0779. The van der Waals surface area contributed by atoms with Crippen LogP contribution in [0.1, 0.15) is 12.8 Å². The Morgan fingerprint density at radius 1 is 1.38 bits per heavy atom. The van der Waals surface area contributed by atoms with E-state index in [4.69, 9.17) is 9.47 Å². The van der Waals surface area contributed by atoms with E-state index in [1.807, 2.05) is 0 Å². The third-order valence-corrected chi connectivity index (χ3v) is 2.92. The molecule has 13 heavy (non-hydrogen) atoms. The molecule has 76 valence electrons. The molecule has 0 aliphatic carbocycles. The van der Waals surface area contributed by atoms with Crippen LogP contribution in [-0.2, 0) is 9.47 Å². The second-order valence-corrected chi connectivity index (χ2v) is 3.86. The van der Waals surface area contributed by atoms with Crippen molar-refractivity contribution in [2.45, 2.75) is 24.5 Å². The normalized spacial score (nSPS) is 33.5. The molecule has 0 radical (unpaired) electrons. The Hall–Kier alpha value is -0.190. The Morgan fingerprint density at radius 3 is 2.69 bits per heavy atom. The lowest BCUT2D eigenvalue weighted by Crippen LogP contribution is -2.59. The summed E-state index contributed by atoms with van der Waals surface area (Å²) in [5.74, 6) is 0. The van der Waals surface area contributed by atoms with Crippen LogP contribution in [0.25, 0.3) is 0 Å². The van der Waals surface area contributed by atoms with Gasteiger partial charge in [0.25, 0.3) is 0 Å². The van der Waals surface area contributed by atoms with E-state index in [9.17, 15) is 4.39 Å². The number of alkyl halides is 1. The van der Waals surface area contributed by atoms with E-state index >= 15 is 0 Å². The van der Waals surface area contributed by atoms with Crippen LogP contribution in [0.4, 0.5) is 4.39 Å². The number of nitrogens with one attached hydrogen (secondary N) is 1. The van der Waals surface area contributed by atoms with Crippen molar-refractivity contribution in [2.24, 2.45) is 0 Å². The minimum Gasteiger partial charge on any atom is -0.381 e. The second-order valence-electron chi connectivity index (χ2n) is 3.86. The Bertz CT molecular complexity index is 161. The molecule has 2 aliphatic heterocycles. The average molecular weight is 189 g/mol. The molecule has 0 bridgehead atoms. The van der Waals surface area contributed by atoms with Gasteiger partial charge in [0, 0.05) is 25.3 Å². The van der Waals surface area contributed by atoms with Crippen molar-refractivity contribution in [1.29, 1.82) is 0 Å². The van der Waals surface area contributed by atoms with Gasteiger partial charge in [-0.25, -0.2) is 4.39 Å². The van der Waals surface area contributed by atoms with Crippen molar-refractivity contribution in [3.8, 4) is 0 Å². The van der Waals surface area contributed by atoms with E-state index in [0.29, 0.717) is 13.2 Å². The highest BCUT2D eigenvalue weighted by Gasteiger charge is 2.36. The van der Waals surface area contributed by atoms with Crippen LogP contribution in [0.2, 0.25) is 0 Å². The molecule has 0 saturated carbocycles. The number of morpholine rings is 1. The van der Waals surface area contributed by atoms with Crippen LogP contribution in [0.5, 0.6) is 0 Å². The lowest BCUT2D eigenvalue weighted by Gasteiger charge is -2.43. The Kier molecular flexibility index (Phi) is 2.81. The van der Waals surface area contributed by atoms with E-state index in [1.54, 1.807) is 0 Å². The number of hydrogen-bond acceptors (Lipinski definition) is 3. The minimum atomic E-state index is -0.389. The third-order valence-electron chi connectivity index (χ3n) is 2.92. The van der Waals surface area contributed by atoms with Crippen LogP contribution in [0, 0.1) is 0 Å². The summed E-state index contributed by atoms with van der Waals surface area (Å²) < 4.78 is 23.0. The molecule has 4 heteroatoms. The highest BCUT2D eigenvalue weighted by molar-refractivity contribution is 4.93. The van der Waals surface area contributed by atoms with E-state index < -0.39 is 0 Å². The quantitative estimate of drug-likeness (QED) is 0.651. The maximum Gasteiger partial charge on any atom is 0.117 e. The zero-order chi connectivity index (χ0) is 9.15. The summed E-state index contributed by atoms with van der Waals surface area (Å²) in [5.41, 5.74) is 0.0733. The molecule has 0 aromatic rings. The first-order chi connectivity index (χ1) is 6.35. The van der Waals surface area contributed by atoms with E-state index in [2.05, 4.69) is 5.32 Å². The summed E-state index contributed by atoms with van der Waals surface area (Å²) in [6, 6.07) is 0. The molecule has 2 fully saturated rings. The van der Waals surface area contributed by atoms with Gasteiger partial charge in [-0.05, 0) is 12.8 Å². The predicted octanol–water partition coefficient (Wildman–Crippen LogP) is 0.493. The smallest absolute Gasteiger partial charge is 0.117 e. The van der Waals surface area contributed by atoms with Crippen molar-refractivity contribution in [3.05, 3.63) is 0 Å². The SMILES string of the molecule is FCC1CNC2(CCOCC2)CO1. The topological polar surface area (TPSA) is 30.5 Å². The lowest BCUT2D eigenvalue weighted by atomic mass is 9.89. The first-order valence-corrected chi connectivity index (χ1v) is 4.85. The summed E-state index contributed by atoms with van der Waals surface area (Å²) in [7, 11) is 0. The molecule has 3 nitrogen and oxygen atoms in total. The highest BCUT2D eigenvalue weighted by atomic mass is 19.1. The van der Waals surface area contributed by atoms with Gasteiger partial charge in [-0.1, -0.05) is 0 Å². The van der Waals surface area contributed by atoms with Gasteiger partial charge in [0.05, 0.1) is 12.7 Å². The van der Waals surface area contributed by atoms with Gasteiger partial charge in [-0.3, -0.25) is 0 Å². The number of halogens is 1. The summed E-state index contributed by atoms with van der Waals surface area (Å²) in [4.78, 5) is 0. The molecule has 1 unspecified atom stereocenters. The fourth-order valence-electron chi connectivity index (χ4n) is 1.90. The molecule has 1 atom stereocenters. The number of hydrogen-bond donors (Lipinski definition) is 1. The maximum absolute atomic E-state index is 12.2. The fraction of sp³-hybridized carbons (Fsp3) is 1.00. The Labute approximate surface area is 77.6 Å². The number of rotatable bonds is 1. The van der Waals surface area contributed by atoms with E-state index in [1.165, 1.54) is 0 Å². The van der Waals surface area contributed by atoms with Crippen molar-refractivity contribution in [2.75, 3.05) is 33.0 Å². The third kappa shape index (κ3) is 2.00. The molecule has 0 amide bonds. The van der Waals surface area contributed by atoms with Crippen LogP contribution in [-0.4, -0.2) is 44.7 Å². The Balaban J connectivity index is 1.87. The van der Waals surface area contributed by atoms with Gasteiger partial charge in [0.2, 0.25) is 0 Å². The van der Waals surface area contributed by atoms with Crippen molar-refractivity contribution >= 4 is 0 Å². The van der Waals surface area contributed by atoms with Gasteiger partial charge in [-0.2, -0.15) is 0 Å².